The molecule has 0 aliphatic carbocycles. The molecule has 2 N–H and O–H groups in total. The van der Waals surface area contributed by atoms with Crippen LogP contribution in [0.1, 0.15) is 5.56 Å². The Morgan fingerprint density at radius 2 is 1.83 bits per heavy atom. The van der Waals surface area contributed by atoms with Crippen LogP contribution in [0.4, 0.5) is 5.69 Å². The number of aryl methyl sites for hydroxylation is 1. The summed E-state index contributed by atoms with van der Waals surface area (Å²) in [5.74, 6) is 1.29. The zero-order chi connectivity index (χ0) is 13.3. The van der Waals surface area contributed by atoms with Gasteiger partial charge in [-0.2, -0.15) is 0 Å². The fourth-order valence-corrected chi connectivity index (χ4v) is 2.58. The van der Waals surface area contributed by atoms with Gasteiger partial charge in [0.25, 0.3) is 0 Å². The molecule has 0 aliphatic heterocycles. The van der Waals surface area contributed by atoms with Gasteiger partial charge >= 0.3 is 0 Å². The summed E-state index contributed by atoms with van der Waals surface area (Å²) in [6.45, 7) is 1.93. The van der Waals surface area contributed by atoms with Crippen molar-refractivity contribution in [1.29, 1.82) is 0 Å². The average Bonchev–Trinajstić information content (AvgIpc) is 2.29. The van der Waals surface area contributed by atoms with Crippen LogP contribution in [0.2, 0.25) is 5.02 Å². The standard InChI is InChI=1S/C13H10Br2ClNO/c1-7-4-13(9(15)6-11(7)17)18-12-3-2-8(14)5-10(12)16/h2-6H,17H2,1H3. The van der Waals surface area contributed by atoms with Crippen molar-refractivity contribution in [2.45, 2.75) is 6.92 Å². The summed E-state index contributed by atoms with van der Waals surface area (Å²) in [5.41, 5.74) is 7.49. The van der Waals surface area contributed by atoms with Gasteiger partial charge in [0.05, 0.1) is 9.50 Å². The van der Waals surface area contributed by atoms with Crippen LogP contribution in [0.5, 0.6) is 11.5 Å². The van der Waals surface area contributed by atoms with Crippen LogP contribution in [-0.2, 0) is 0 Å². The topological polar surface area (TPSA) is 35.2 Å². The van der Waals surface area contributed by atoms with Gasteiger partial charge in [0.1, 0.15) is 11.5 Å². The highest BCUT2D eigenvalue weighted by Crippen LogP contribution is 2.36. The molecule has 2 aromatic rings. The molecule has 94 valence electrons. The van der Waals surface area contributed by atoms with E-state index in [0.29, 0.717) is 16.5 Å². The fourth-order valence-electron chi connectivity index (χ4n) is 1.43. The predicted octanol–water partition coefficient (Wildman–Crippen LogP) is 5.55. The highest BCUT2D eigenvalue weighted by Gasteiger charge is 2.08. The molecule has 2 nitrogen and oxygen atoms in total. The molecule has 0 fully saturated rings. The third-order valence-electron chi connectivity index (χ3n) is 2.43. The van der Waals surface area contributed by atoms with Crippen LogP contribution in [0.25, 0.3) is 0 Å². The second-order valence-electron chi connectivity index (χ2n) is 3.82. The molecule has 0 saturated heterocycles. The first-order valence-corrected chi connectivity index (χ1v) is 7.12. The Hall–Kier alpha value is -0.710. The molecule has 0 heterocycles. The summed E-state index contributed by atoms with van der Waals surface area (Å²) >= 11 is 12.9. The highest BCUT2D eigenvalue weighted by atomic mass is 79.9. The molecule has 0 aromatic heterocycles. The van der Waals surface area contributed by atoms with Crippen molar-refractivity contribution < 1.29 is 4.74 Å². The number of benzene rings is 2. The van der Waals surface area contributed by atoms with E-state index in [0.717, 1.165) is 20.2 Å². The van der Waals surface area contributed by atoms with Gasteiger partial charge in [0, 0.05) is 10.2 Å². The van der Waals surface area contributed by atoms with Gasteiger partial charge in [-0.15, -0.1) is 0 Å². The first-order chi connectivity index (χ1) is 8.47. The van der Waals surface area contributed by atoms with Gasteiger partial charge in [0.15, 0.2) is 0 Å². The van der Waals surface area contributed by atoms with Gasteiger partial charge in [-0.1, -0.05) is 27.5 Å². The van der Waals surface area contributed by atoms with Crippen molar-refractivity contribution in [1.82, 2.24) is 0 Å². The van der Waals surface area contributed by atoms with E-state index < -0.39 is 0 Å². The Morgan fingerprint density at radius 1 is 1.11 bits per heavy atom. The number of rotatable bonds is 2. The van der Waals surface area contributed by atoms with Crippen molar-refractivity contribution in [2.24, 2.45) is 0 Å². The first-order valence-electron chi connectivity index (χ1n) is 5.16. The summed E-state index contributed by atoms with van der Waals surface area (Å²) in [6.07, 6.45) is 0. The molecule has 0 unspecified atom stereocenters. The minimum absolute atomic E-state index is 0.547. The van der Waals surface area contributed by atoms with Crippen molar-refractivity contribution >= 4 is 49.1 Å². The lowest BCUT2D eigenvalue weighted by Gasteiger charge is -2.11. The maximum Gasteiger partial charge on any atom is 0.146 e. The van der Waals surface area contributed by atoms with Gasteiger partial charge in [-0.3, -0.25) is 0 Å². The van der Waals surface area contributed by atoms with E-state index >= 15 is 0 Å². The normalized spacial score (nSPS) is 10.4. The summed E-state index contributed by atoms with van der Waals surface area (Å²) in [7, 11) is 0. The quantitative estimate of drug-likeness (QED) is 0.682. The summed E-state index contributed by atoms with van der Waals surface area (Å²) in [4.78, 5) is 0. The Kier molecular flexibility index (Phi) is 4.20. The van der Waals surface area contributed by atoms with E-state index in [-0.39, 0.29) is 0 Å². The number of nitrogens with two attached hydrogens (primary N) is 1. The lowest BCUT2D eigenvalue weighted by molar-refractivity contribution is 0.479. The Bertz CT molecular complexity index is 602. The Labute approximate surface area is 127 Å². The third-order valence-corrected chi connectivity index (χ3v) is 3.84. The zero-order valence-corrected chi connectivity index (χ0v) is 13.4. The lowest BCUT2D eigenvalue weighted by atomic mass is 10.2. The van der Waals surface area contributed by atoms with E-state index in [2.05, 4.69) is 31.9 Å². The maximum absolute atomic E-state index is 6.11. The van der Waals surface area contributed by atoms with Crippen molar-refractivity contribution in [3.05, 3.63) is 49.9 Å². The number of anilines is 1. The average molecular weight is 391 g/mol. The molecular formula is C13H10Br2ClNO. The lowest BCUT2D eigenvalue weighted by Crippen LogP contribution is -1.93. The third kappa shape index (κ3) is 2.99. The number of halogens is 3. The smallest absolute Gasteiger partial charge is 0.146 e. The molecule has 0 amide bonds. The monoisotopic (exact) mass is 389 g/mol. The largest absolute Gasteiger partial charge is 0.455 e. The van der Waals surface area contributed by atoms with Crippen LogP contribution in [0.3, 0.4) is 0 Å². The van der Waals surface area contributed by atoms with Crippen molar-refractivity contribution in [3.63, 3.8) is 0 Å². The number of hydrogen-bond acceptors (Lipinski definition) is 2. The van der Waals surface area contributed by atoms with E-state index in [9.17, 15) is 0 Å². The molecule has 0 aliphatic rings. The van der Waals surface area contributed by atoms with Gasteiger partial charge in [-0.05, 0) is 58.7 Å². The van der Waals surface area contributed by atoms with Crippen molar-refractivity contribution in [2.75, 3.05) is 5.73 Å². The summed E-state index contributed by atoms with van der Waals surface area (Å²) in [5, 5.41) is 0.547. The van der Waals surface area contributed by atoms with Crippen molar-refractivity contribution in [3.8, 4) is 11.5 Å². The Morgan fingerprint density at radius 3 is 2.50 bits per heavy atom. The molecule has 0 spiro atoms. The number of nitrogen functional groups attached to an aromatic ring is 1. The highest BCUT2D eigenvalue weighted by molar-refractivity contribution is 9.10. The van der Waals surface area contributed by atoms with E-state index in [1.807, 2.05) is 31.2 Å². The molecular weight excluding hydrogens is 381 g/mol. The van der Waals surface area contributed by atoms with Crippen LogP contribution < -0.4 is 10.5 Å². The summed E-state index contributed by atoms with van der Waals surface area (Å²) < 4.78 is 7.48. The molecule has 0 bridgehead atoms. The molecule has 0 atom stereocenters. The zero-order valence-electron chi connectivity index (χ0n) is 9.51. The van der Waals surface area contributed by atoms with Gasteiger partial charge in [-0.25, -0.2) is 0 Å². The molecule has 18 heavy (non-hydrogen) atoms. The summed E-state index contributed by atoms with van der Waals surface area (Å²) in [6, 6.07) is 9.16. The molecule has 5 heteroatoms. The number of hydrogen-bond donors (Lipinski definition) is 1. The van der Waals surface area contributed by atoms with Gasteiger partial charge in [0.2, 0.25) is 0 Å². The molecule has 0 radical (unpaired) electrons. The minimum atomic E-state index is 0.547. The van der Waals surface area contributed by atoms with E-state index in [4.69, 9.17) is 22.1 Å². The van der Waals surface area contributed by atoms with E-state index in [1.54, 1.807) is 6.07 Å². The SMILES string of the molecule is Cc1cc(Oc2ccc(Br)cc2Cl)c(Br)cc1N. The predicted molar refractivity (Wildman–Crippen MR) is 82.5 cm³/mol. The van der Waals surface area contributed by atoms with Gasteiger partial charge < -0.3 is 10.5 Å². The fraction of sp³-hybridized carbons (Fsp3) is 0.0769. The van der Waals surface area contributed by atoms with Crippen LogP contribution in [-0.4, -0.2) is 0 Å². The van der Waals surface area contributed by atoms with E-state index in [1.165, 1.54) is 0 Å². The first kappa shape index (κ1) is 13.7. The molecule has 0 saturated carbocycles. The molecule has 2 rings (SSSR count). The van der Waals surface area contributed by atoms with Crippen LogP contribution in [0.15, 0.2) is 39.3 Å². The minimum Gasteiger partial charge on any atom is -0.455 e. The second kappa shape index (κ2) is 5.51. The number of ether oxygens (including phenoxy) is 1. The Balaban J connectivity index is 2.37. The second-order valence-corrected chi connectivity index (χ2v) is 5.99. The maximum atomic E-state index is 6.11. The molecule has 2 aromatic carbocycles. The van der Waals surface area contributed by atoms with Crippen LogP contribution in [0, 0.1) is 6.92 Å². The van der Waals surface area contributed by atoms with Crippen LogP contribution >= 0.6 is 43.5 Å².